The first-order chi connectivity index (χ1) is 37.8. The summed E-state index contributed by atoms with van der Waals surface area (Å²) in [4.78, 5) is 6.32. The molecule has 1 aliphatic carbocycles. The van der Waals surface area contributed by atoms with Gasteiger partial charge in [0.05, 0.1) is 0 Å². The average Bonchev–Trinajstić information content (AvgIpc) is 3.87. The van der Waals surface area contributed by atoms with Crippen molar-refractivity contribution in [2.45, 2.75) is 114 Å². The number of fused-ring (bicyclic) bond motifs is 1. The number of guanidine groups is 1. The highest BCUT2D eigenvalue weighted by molar-refractivity contribution is 5.96. The molecular weight excluding hydrogens is 951 g/mol. The van der Waals surface area contributed by atoms with Gasteiger partial charge in [0.2, 0.25) is 0 Å². The molecule has 0 amide bonds. The number of hydrogen-bond donors (Lipinski definition) is 2. The molecule has 3 aliphatic rings. The average molecular weight is 1020 g/mol. The molecule has 0 bridgehead atoms. The van der Waals surface area contributed by atoms with Crippen molar-refractivity contribution in [1.82, 2.24) is 5.32 Å². The smallest absolute Gasteiger partial charge is 0.198 e. The fourth-order valence-electron chi connectivity index (χ4n) is 12.3. The van der Waals surface area contributed by atoms with E-state index in [2.05, 4.69) is 289 Å². The van der Waals surface area contributed by atoms with Gasteiger partial charge < -0.3 is 20.1 Å². The van der Waals surface area contributed by atoms with E-state index in [4.69, 9.17) is 14.5 Å². The van der Waals surface area contributed by atoms with Crippen molar-refractivity contribution < 1.29 is 9.47 Å². The highest BCUT2D eigenvalue weighted by Gasteiger charge is 2.66. The van der Waals surface area contributed by atoms with Crippen molar-refractivity contribution in [3.63, 3.8) is 0 Å². The van der Waals surface area contributed by atoms with E-state index in [1.165, 1.54) is 11.1 Å². The van der Waals surface area contributed by atoms with Crippen LogP contribution in [0.15, 0.2) is 242 Å². The van der Waals surface area contributed by atoms with Crippen LogP contribution < -0.4 is 10.6 Å². The van der Waals surface area contributed by atoms with E-state index < -0.39 is 29.1 Å². The van der Waals surface area contributed by atoms with Gasteiger partial charge in [0.15, 0.2) is 11.7 Å². The molecule has 9 aromatic carbocycles. The lowest BCUT2D eigenvalue weighted by Crippen LogP contribution is -2.59. The minimum absolute atomic E-state index is 0.126. The zero-order valence-electron chi connectivity index (χ0n) is 46.0. The summed E-state index contributed by atoms with van der Waals surface area (Å²) in [5.74, 6) is -0.240. The van der Waals surface area contributed by atoms with E-state index >= 15 is 0 Å². The van der Waals surface area contributed by atoms with Crippen LogP contribution in [0.25, 0.3) is 44.5 Å². The molecule has 0 aromatic heterocycles. The summed E-state index contributed by atoms with van der Waals surface area (Å²) in [7, 11) is 0. The highest BCUT2D eigenvalue weighted by Crippen LogP contribution is 2.57. The third kappa shape index (κ3) is 9.69. The molecule has 9 aromatic rings. The van der Waals surface area contributed by atoms with Gasteiger partial charge in [-0.05, 0) is 114 Å². The minimum Gasteiger partial charge on any atom is -0.341 e. The number of nitrogens with one attached hydrogen (secondary N) is 2. The maximum Gasteiger partial charge on any atom is 0.198 e. The zero-order chi connectivity index (χ0) is 53.5. The van der Waals surface area contributed by atoms with Crippen LogP contribution in [0, 0.1) is 0 Å². The zero-order valence-corrected chi connectivity index (χ0v) is 46.0. The maximum absolute atomic E-state index is 8.05. The Morgan fingerprint density at radius 1 is 0.397 bits per heavy atom. The van der Waals surface area contributed by atoms with Gasteiger partial charge in [-0.15, -0.1) is 0 Å². The summed E-state index contributed by atoms with van der Waals surface area (Å²) in [6.45, 7) is 13.8. The van der Waals surface area contributed by atoms with Gasteiger partial charge in [0.25, 0.3) is 0 Å². The topological polar surface area (TPSA) is 54.9 Å². The van der Waals surface area contributed by atoms with E-state index in [1.807, 2.05) is 0 Å². The summed E-state index contributed by atoms with van der Waals surface area (Å²) < 4.78 is 16.1. The Balaban J connectivity index is 1.16. The second kappa shape index (κ2) is 20.5. The largest absolute Gasteiger partial charge is 0.341 e. The van der Waals surface area contributed by atoms with Crippen LogP contribution in [0.3, 0.4) is 0 Å². The lowest BCUT2D eigenvalue weighted by Gasteiger charge is -2.43. The monoisotopic (exact) mass is 1020 g/mol. The predicted octanol–water partition coefficient (Wildman–Crippen LogP) is 17.7. The molecule has 5 heteroatoms. The second-order valence-electron chi connectivity index (χ2n) is 23.9. The van der Waals surface area contributed by atoms with E-state index in [1.54, 1.807) is 0 Å². The number of benzene rings is 9. The van der Waals surface area contributed by atoms with E-state index in [0.29, 0.717) is 5.96 Å². The third-order valence-corrected chi connectivity index (χ3v) is 16.7. The molecule has 5 nitrogen and oxygen atoms in total. The van der Waals surface area contributed by atoms with E-state index in [0.717, 1.165) is 105 Å². The number of nitrogens with zero attached hydrogens (tertiary/aromatic N) is 1. The first kappa shape index (κ1) is 51.0. The molecule has 2 atom stereocenters. The predicted molar refractivity (Wildman–Crippen MR) is 323 cm³/mol. The van der Waals surface area contributed by atoms with Gasteiger partial charge in [-0.1, -0.05) is 272 Å². The highest BCUT2D eigenvalue weighted by atomic mass is 16.8. The van der Waals surface area contributed by atoms with Gasteiger partial charge >= 0.3 is 0 Å². The summed E-state index contributed by atoms with van der Waals surface area (Å²) in [6, 6.07) is 86.0. The maximum atomic E-state index is 8.05. The van der Waals surface area contributed by atoms with Crippen LogP contribution >= 0.6 is 0 Å². The lowest BCUT2D eigenvalue weighted by atomic mass is 9.69. The number of aliphatic imine (C=N–C) groups is 1. The number of ether oxygens (including phenoxy) is 2. The Bertz CT molecular complexity index is 3320. The Hall–Kier alpha value is -7.83. The summed E-state index contributed by atoms with van der Waals surface area (Å²) in [5, 5.41) is 8.41. The van der Waals surface area contributed by atoms with Crippen molar-refractivity contribution >= 4 is 11.6 Å². The third-order valence-electron chi connectivity index (χ3n) is 16.7. The molecular formula is C73H71N3O2. The molecule has 1 spiro atoms. The van der Waals surface area contributed by atoms with Crippen molar-refractivity contribution in [2.24, 2.45) is 4.99 Å². The first-order valence-electron chi connectivity index (χ1n) is 28.1. The van der Waals surface area contributed by atoms with Crippen molar-refractivity contribution in [2.75, 3.05) is 5.32 Å². The van der Waals surface area contributed by atoms with Crippen molar-refractivity contribution in [1.29, 1.82) is 0 Å². The minimum atomic E-state index is -1.17. The van der Waals surface area contributed by atoms with Crippen LogP contribution in [-0.2, 0) is 31.4 Å². The SMILES string of the molecule is CC(C)(C)c1cc(NC2=NC(c3ccc(-c4ccccc4)cc3)(c3ccc(-c4ccccc4)cc3)[C@@H]3OC4(CCCCC4)O[C@H]3C(c3ccc(-c4ccccc4)cc3)(c3ccc(-c4ccccc4)cc3)N2)cc(C(C)(C)C)c1. The molecule has 1 saturated carbocycles. The summed E-state index contributed by atoms with van der Waals surface area (Å²) in [5.41, 5.74) is 14.2. The Kier molecular flexibility index (Phi) is 13.4. The molecule has 12 rings (SSSR count). The molecule has 0 unspecified atom stereocenters. The van der Waals surface area contributed by atoms with Gasteiger partial charge in [0.1, 0.15) is 23.3 Å². The quantitative estimate of drug-likeness (QED) is 0.151. The number of rotatable bonds is 9. The second-order valence-corrected chi connectivity index (χ2v) is 23.9. The fraction of sp³-hybridized carbons (Fsp3) is 0.247. The lowest BCUT2D eigenvalue weighted by molar-refractivity contribution is -0.201. The van der Waals surface area contributed by atoms with Crippen LogP contribution in [0.1, 0.15) is 107 Å². The Labute approximate surface area is 462 Å². The Morgan fingerprint density at radius 2 is 0.731 bits per heavy atom. The van der Waals surface area contributed by atoms with Gasteiger partial charge in [-0.25, -0.2) is 4.99 Å². The number of hydrogen-bond acceptors (Lipinski definition) is 5. The van der Waals surface area contributed by atoms with Crippen LogP contribution in [0.4, 0.5) is 5.69 Å². The molecule has 390 valence electrons. The van der Waals surface area contributed by atoms with Crippen LogP contribution in [-0.4, -0.2) is 24.0 Å². The Morgan fingerprint density at radius 3 is 1.09 bits per heavy atom. The molecule has 2 heterocycles. The van der Waals surface area contributed by atoms with Crippen LogP contribution in [0.2, 0.25) is 0 Å². The van der Waals surface area contributed by atoms with Gasteiger partial charge in [-0.3, -0.25) is 0 Å². The summed E-state index contributed by atoms with van der Waals surface area (Å²) in [6.07, 6.45) is 3.46. The molecule has 78 heavy (non-hydrogen) atoms. The van der Waals surface area contributed by atoms with Crippen molar-refractivity contribution in [3.8, 4) is 44.5 Å². The molecule has 0 radical (unpaired) electrons. The van der Waals surface area contributed by atoms with Gasteiger partial charge in [0, 0.05) is 18.5 Å². The van der Waals surface area contributed by atoms with Crippen LogP contribution in [0.5, 0.6) is 0 Å². The molecule has 2 N–H and O–H groups in total. The first-order valence-corrected chi connectivity index (χ1v) is 28.1. The molecule has 2 aliphatic heterocycles. The molecule has 1 saturated heterocycles. The molecule has 2 fully saturated rings. The van der Waals surface area contributed by atoms with E-state index in [-0.39, 0.29) is 10.8 Å². The van der Waals surface area contributed by atoms with E-state index in [9.17, 15) is 0 Å². The fourth-order valence-corrected chi connectivity index (χ4v) is 12.3. The van der Waals surface area contributed by atoms with Gasteiger partial charge in [-0.2, -0.15) is 0 Å². The standard InChI is InChI=1S/C73H71N3O2/c1-69(2,3)63-48-64(70(4,5)6)50-65(49-63)74-68-75-72(59-38-30-55(31-39-59)51-22-12-7-13-23-51,60-40-32-56(33-41-60)52-24-14-8-15-25-52)66-67(78-71(77-66)46-20-11-21-47-71)73(76-68,61-42-34-57(35-43-61)53-26-16-9-17-27-53)62-44-36-58(37-45-62)54-28-18-10-19-29-54/h7-10,12-19,22-45,48-50,66-67H,11,20-21,46-47H2,1-6H3,(H2,74,75,76)/t66-,67-/m1/s1. The normalized spacial score (nSPS) is 18.5. The number of anilines is 1. The van der Waals surface area contributed by atoms with Crippen molar-refractivity contribution in [3.05, 3.63) is 270 Å². The summed E-state index contributed by atoms with van der Waals surface area (Å²) >= 11 is 0.